The maximum atomic E-state index is 12.3. The third kappa shape index (κ3) is 4.91. The molecular formula is C17H25N3O2S. The Labute approximate surface area is 138 Å². The summed E-state index contributed by atoms with van der Waals surface area (Å²) in [7, 11) is -3.45. The summed E-state index contributed by atoms with van der Waals surface area (Å²) in [5.41, 5.74) is 2.09. The minimum Gasteiger partial charge on any atom is -0.272 e. The van der Waals surface area contributed by atoms with Crippen LogP contribution in [0.3, 0.4) is 0 Å². The molecule has 0 fully saturated rings. The van der Waals surface area contributed by atoms with Crippen LogP contribution in [0.4, 0.5) is 0 Å². The van der Waals surface area contributed by atoms with Crippen molar-refractivity contribution in [3.05, 3.63) is 47.8 Å². The van der Waals surface area contributed by atoms with E-state index in [9.17, 15) is 8.42 Å². The summed E-state index contributed by atoms with van der Waals surface area (Å²) in [4.78, 5) is 0.306. The molecule has 0 atom stereocenters. The standard InChI is InChI=1S/C17H25N3O2S/c1-14-10-13-20(19-14)12-5-11-18-23(21,22)16-8-6-15(7-9-16)17(2,3)4/h6-10,13,18H,5,11-12H2,1-4H3. The number of benzene rings is 1. The van der Waals surface area contributed by atoms with Gasteiger partial charge in [-0.05, 0) is 42.5 Å². The first-order chi connectivity index (χ1) is 10.7. The minimum atomic E-state index is -3.45. The van der Waals surface area contributed by atoms with Gasteiger partial charge in [-0.1, -0.05) is 32.9 Å². The quantitative estimate of drug-likeness (QED) is 0.826. The molecular weight excluding hydrogens is 310 g/mol. The predicted octanol–water partition coefficient (Wildman–Crippen LogP) is 2.86. The monoisotopic (exact) mass is 335 g/mol. The largest absolute Gasteiger partial charge is 0.272 e. The number of rotatable bonds is 6. The molecule has 1 heterocycles. The molecule has 0 aliphatic carbocycles. The van der Waals surface area contributed by atoms with E-state index >= 15 is 0 Å². The lowest BCUT2D eigenvalue weighted by Crippen LogP contribution is -2.25. The van der Waals surface area contributed by atoms with Crippen LogP contribution in [0.1, 0.15) is 38.4 Å². The fraction of sp³-hybridized carbons (Fsp3) is 0.471. The number of hydrogen-bond donors (Lipinski definition) is 1. The van der Waals surface area contributed by atoms with Gasteiger partial charge in [-0.25, -0.2) is 13.1 Å². The molecule has 1 N–H and O–H groups in total. The Morgan fingerprint density at radius 2 is 1.78 bits per heavy atom. The van der Waals surface area contributed by atoms with Crippen LogP contribution in [0, 0.1) is 6.92 Å². The highest BCUT2D eigenvalue weighted by Crippen LogP contribution is 2.23. The van der Waals surface area contributed by atoms with E-state index in [2.05, 4.69) is 30.6 Å². The zero-order valence-electron chi connectivity index (χ0n) is 14.2. The average Bonchev–Trinajstić information content (AvgIpc) is 2.88. The van der Waals surface area contributed by atoms with Gasteiger partial charge in [0.1, 0.15) is 0 Å². The highest BCUT2D eigenvalue weighted by Gasteiger charge is 2.17. The average molecular weight is 335 g/mol. The van der Waals surface area contributed by atoms with Crippen LogP contribution < -0.4 is 4.72 Å². The van der Waals surface area contributed by atoms with Crippen molar-refractivity contribution in [2.75, 3.05) is 6.54 Å². The summed E-state index contributed by atoms with van der Waals surface area (Å²) in [5, 5.41) is 4.27. The molecule has 2 aromatic rings. The molecule has 23 heavy (non-hydrogen) atoms. The Morgan fingerprint density at radius 1 is 1.13 bits per heavy atom. The first-order valence-electron chi connectivity index (χ1n) is 7.79. The Bertz CT molecular complexity index is 741. The van der Waals surface area contributed by atoms with E-state index in [1.54, 1.807) is 12.1 Å². The second-order valence-corrected chi connectivity index (χ2v) is 8.51. The van der Waals surface area contributed by atoms with Gasteiger partial charge in [-0.3, -0.25) is 4.68 Å². The molecule has 0 saturated carbocycles. The van der Waals surface area contributed by atoms with Crippen molar-refractivity contribution in [1.29, 1.82) is 0 Å². The van der Waals surface area contributed by atoms with E-state index in [0.717, 1.165) is 11.3 Å². The molecule has 6 heteroatoms. The van der Waals surface area contributed by atoms with Crippen LogP contribution >= 0.6 is 0 Å². The minimum absolute atomic E-state index is 0.0115. The molecule has 0 unspecified atom stereocenters. The Hall–Kier alpha value is -1.66. The molecule has 0 aliphatic heterocycles. The molecule has 126 valence electrons. The normalized spacial score (nSPS) is 12.5. The molecule has 0 amide bonds. The maximum Gasteiger partial charge on any atom is 0.240 e. The van der Waals surface area contributed by atoms with Gasteiger partial charge in [0.2, 0.25) is 10.0 Å². The molecule has 0 aliphatic rings. The third-order valence-electron chi connectivity index (χ3n) is 3.66. The molecule has 0 radical (unpaired) electrons. The zero-order chi connectivity index (χ0) is 17.1. The van der Waals surface area contributed by atoms with E-state index < -0.39 is 10.0 Å². The number of hydrogen-bond acceptors (Lipinski definition) is 3. The van der Waals surface area contributed by atoms with Crippen LogP contribution in [-0.4, -0.2) is 24.7 Å². The summed E-state index contributed by atoms with van der Waals surface area (Å²) in [6.45, 7) is 9.32. The number of sulfonamides is 1. The summed E-state index contributed by atoms with van der Waals surface area (Å²) >= 11 is 0. The van der Waals surface area contributed by atoms with Crippen LogP contribution in [-0.2, 0) is 22.0 Å². The summed E-state index contributed by atoms with van der Waals surface area (Å²) in [6.07, 6.45) is 2.59. The Balaban J connectivity index is 1.91. The second kappa shape index (κ2) is 6.84. The SMILES string of the molecule is Cc1ccn(CCCNS(=O)(=O)c2ccc(C(C)(C)C)cc2)n1. The predicted molar refractivity (Wildman–Crippen MR) is 91.9 cm³/mol. The van der Waals surface area contributed by atoms with Gasteiger partial charge in [-0.15, -0.1) is 0 Å². The van der Waals surface area contributed by atoms with Crippen molar-refractivity contribution < 1.29 is 8.42 Å². The van der Waals surface area contributed by atoms with Crippen LogP contribution in [0.5, 0.6) is 0 Å². The van der Waals surface area contributed by atoms with Gasteiger partial charge in [-0.2, -0.15) is 5.10 Å². The molecule has 0 saturated heterocycles. The van der Waals surface area contributed by atoms with E-state index in [1.807, 2.05) is 36.0 Å². The van der Waals surface area contributed by atoms with Crippen molar-refractivity contribution >= 4 is 10.0 Å². The zero-order valence-corrected chi connectivity index (χ0v) is 15.0. The van der Waals surface area contributed by atoms with E-state index in [1.165, 1.54) is 0 Å². The van der Waals surface area contributed by atoms with Crippen LogP contribution in [0.2, 0.25) is 0 Å². The fourth-order valence-corrected chi connectivity index (χ4v) is 3.33. The lowest BCUT2D eigenvalue weighted by molar-refractivity contribution is 0.551. The molecule has 1 aromatic heterocycles. The maximum absolute atomic E-state index is 12.3. The number of aryl methyl sites for hydroxylation is 2. The van der Waals surface area contributed by atoms with Gasteiger partial charge in [0, 0.05) is 19.3 Å². The van der Waals surface area contributed by atoms with Gasteiger partial charge >= 0.3 is 0 Å². The molecule has 0 spiro atoms. The lowest BCUT2D eigenvalue weighted by atomic mass is 9.87. The van der Waals surface area contributed by atoms with Crippen LogP contribution in [0.15, 0.2) is 41.4 Å². The topological polar surface area (TPSA) is 64.0 Å². The number of nitrogens with zero attached hydrogens (tertiary/aromatic N) is 2. The Kier molecular flexibility index (Phi) is 5.26. The smallest absolute Gasteiger partial charge is 0.240 e. The number of nitrogens with one attached hydrogen (secondary N) is 1. The molecule has 2 rings (SSSR count). The van der Waals surface area contributed by atoms with Crippen molar-refractivity contribution in [2.24, 2.45) is 0 Å². The van der Waals surface area contributed by atoms with Gasteiger partial charge in [0.15, 0.2) is 0 Å². The van der Waals surface area contributed by atoms with Crippen molar-refractivity contribution in [3.8, 4) is 0 Å². The molecule has 5 nitrogen and oxygen atoms in total. The first-order valence-corrected chi connectivity index (χ1v) is 9.27. The second-order valence-electron chi connectivity index (χ2n) is 6.75. The van der Waals surface area contributed by atoms with Crippen molar-refractivity contribution in [2.45, 2.75) is 51.0 Å². The van der Waals surface area contributed by atoms with E-state index in [-0.39, 0.29) is 5.41 Å². The van der Waals surface area contributed by atoms with Crippen molar-refractivity contribution in [1.82, 2.24) is 14.5 Å². The highest BCUT2D eigenvalue weighted by molar-refractivity contribution is 7.89. The first kappa shape index (κ1) is 17.7. The third-order valence-corrected chi connectivity index (χ3v) is 5.14. The van der Waals surface area contributed by atoms with E-state index in [0.29, 0.717) is 24.4 Å². The van der Waals surface area contributed by atoms with Crippen molar-refractivity contribution in [3.63, 3.8) is 0 Å². The summed E-state index contributed by atoms with van der Waals surface area (Å²) in [5.74, 6) is 0. The molecule has 1 aromatic carbocycles. The van der Waals surface area contributed by atoms with Gasteiger partial charge in [0.25, 0.3) is 0 Å². The Morgan fingerprint density at radius 3 is 2.30 bits per heavy atom. The lowest BCUT2D eigenvalue weighted by Gasteiger charge is -2.19. The van der Waals surface area contributed by atoms with E-state index in [4.69, 9.17) is 0 Å². The highest BCUT2D eigenvalue weighted by atomic mass is 32.2. The summed E-state index contributed by atoms with van der Waals surface area (Å²) < 4.78 is 29.0. The van der Waals surface area contributed by atoms with Gasteiger partial charge in [0.05, 0.1) is 10.6 Å². The molecule has 0 bridgehead atoms. The van der Waals surface area contributed by atoms with Gasteiger partial charge < -0.3 is 0 Å². The number of aromatic nitrogens is 2. The summed E-state index contributed by atoms with van der Waals surface area (Å²) in [6, 6.07) is 9.02. The van der Waals surface area contributed by atoms with Crippen LogP contribution in [0.25, 0.3) is 0 Å². The fourth-order valence-electron chi connectivity index (χ4n) is 2.25.